The van der Waals surface area contributed by atoms with Gasteiger partial charge in [0, 0.05) is 0 Å². The predicted molar refractivity (Wildman–Crippen MR) is 76.9 cm³/mol. The molecule has 5 nitrogen and oxygen atoms in total. The first-order valence-corrected chi connectivity index (χ1v) is 9.72. The molecule has 3 atom stereocenters. The van der Waals surface area contributed by atoms with Crippen molar-refractivity contribution in [1.82, 2.24) is 4.90 Å². The molecule has 0 spiro atoms. The lowest BCUT2D eigenvalue weighted by molar-refractivity contribution is 0.0911. The topological polar surface area (TPSA) is 70.0 Å². The van der Waals surface area contributed by atoms with Gasteiger partial charge in [-0.3, -0.25) is 4.90 Å². The highest BCUT2D eigenvalue weighted by Crippen LogP contribution is 2.40. The van der Waals surface area contributed by atoms with Crippen LogP contribution >= 0.6 is 0 Å². The van der Waals surface area contributed by atoms with Gasteiger partial charge in [0.25, 0.3) is 0 Å². The molecule has 0 aromatic rings. The third-order valence-electron chi connectivity index (χ3n) is 4.56. The summed E-state index contributed by atoms with van der Waals surface area (Å²) in [5.41, 5.74) is 0. The van der Waals surface area contributed by atoms with Crippen molar-refractivity contribution in [2.24, 2.45) is 0 Å². The summed E-state index contributed by atoms with van der Waals surface area (Å²) in [4.78, 5) is 12.6. The van der Waals surface area contributed by atoms with Gasteiger partial charge in [0.15, 0.2) is 8.32 Å². The van der Waals surface area contributed by atoms with Crippen LogP contribution in [-0.2, 0) is 4.43 Å². The zero-order valence-corrected chi connectivity index (χ0v) is 13.8. The second-order valence-electron chi connectivity index (χ2n) is 6.92. The minimum absolute atomic E-state index is 0.0953. The molecule has 0 unspecified atom stereocenters. The quantitative estimate of drug-likeness (QED) is 0.783. The Hall–Kier alpha value is -0.593. The Labute approximate surface area is 116 Å². The Morgan fingerprint density at radius 2 is 1.95 bits per heavy atom. The maximum Gasteiger partial charge on any atom is 0.407 e. The Kier molecular flexibility index (Phi) is 4.69. The minimum Gasteiger partial charge on any atom is -0.465 e. The van der Waals surface area contributed by atoms with Crippen molar-refractivity contribution in [2.45, 2.75) is 70.4 Å². The van der Waals surface area contributed by atoms with E-state index in [1.54, 1.807) is 0 Å². The van der Waals surface area contributed by atoms with E-state index < -0.39 is 14.4 Å². The van der Waals surface area contributed by atoms with E-state index in [2.05, 4.69) is 33.9 Å². The molecule has 0 aliphatic carbocycles. The van der Waals surface area contributed by atoms with Gasteiger partial charge in [-0.1, -0.05) is 20.8 Å². The lowest BCUT2D eigenvalue weighted by Gasteiger charge is -2.39. The maximum atomic E-state index is 11.3. The first-order valence-electron chi connectivity index (χ1n) is 6.81. The number of carbonyl (C=O) groups is 1. The average molecular weight is 289 g/mol. The summed E-state index contributed by atoms with van der Waals surface area (Å²) in [5, 5.41) is 18.7. The van der Waals surface area contributed by atoms with Gasteiger partial charge >= 0.3 is 6.09 Å². The van der Waals surface area contributed by atoms with Crippen LogP contribution in [0.15, 0.2) is 0 Å². The standard InChI is InChI=1S/C13H27NO4Si/c1-9-11(18-19(5,6)13(2,3)4)7-10(8-15)14(9)12(16)17/h9-11,15H,7-8H2,1-6H3,(H,16,17)/t9-,10-,11+/m0/s1. The smallest absolute Gasteiger partial charge is 0.407 e. The van der Waals surface area contributed by atoms with Gasteiger partial charge in [0.1, 0.15) is 0 Å². The molecular weight excluding hydrogens is 262 g/mol. The largest absolute Gasteiger partial charge is 0.465 e. The Bertz CT molecular complexity index is 340. The summed E-state index contributed by atoms with van der Waals surface area (Å²) in [7, 11) is -1.92. The fourth-order valence-electron chi connectivity index (χ4n) is 2.29. The number of hydrogen-bond donors (Lipinski definition) is 2. The number of amides is 1. The number of aliphatic hydroxyl groups is 1. The third kappa shape index (κ3) is 3.30. The Morgan fingerprint density at radius 3 is 2.26 bits per heavy atom. The molecule has 0 aromatic carbocycles. The summed E-state index contributed by atoms with van der Waals surface area (Å²) in [6.07, 6.45) is -0.516. The number of nitrogens with zero attached hydrogens (tertiary/aromatic N) is 1. The van der Waals surface area contributed by atoms with Crippen molar-refractivity contribution in [3.05, 3.63) is 0 Å². The summed E-state index contributed by atoms with van der Waals surface area (Å²) in [6, 6.07) is -0.550. The molecule has 1 aliphatic heterocycles. The SMILES string of the molecule is C[C@H]1[C@H](O[Si](C)(C)C(C)(C)C)C[C@@H](CO)N1C(=O)O. The molecule has 1 rings (SSSR count). The van der Waals surface area contributed by atoms with Crippen molar-refractivity contribution in [3.8, 4) is 0 Å². The van der Waals surface area contributed by atoms with Crippen LogP contribution in [0.25, 0.3) is 0 Å². The Balaban J connectivity index is 2.85. The van der Waals surface area contributed by atoms with Crippen LogP contribution in [0.3, 0.4) is 0 Å². The summed E-state index contributed by atoms with van der Waals surface area (Å²) in [5.74, 6) is 0. The van der Waals surface area contributed by atoms with Crippen LogP contribution in [0.4, 0.5) is 4.79 Å². The number of hydrogen-bond acceptors (Lipinski definition) is 3. The van der Waals surface area contributed by atoms with E-state index >= 15 is 0 Å². The van der Waals surface area contributed by atoms with Crippen LogP contribution in [-0.4, -0.2) is 54.3 Å². The molecule has 1 amide bonds. The molecule has 0 bridgehead atoms. The van der Waals surface area contributed by atoms with Gasteiger partial charge < -0.3 is 14.6 Å². The highest BCUT2D eigenvalue weighted by Gasteiger charge is 2.47. The van der Waals surface area contributed by atoms with E-state index in [9.17, 15) is 15.0 Å². The molecule has 1 fully saturated rings. The molecule has 1 saturated heterocycles. The van der Waals surface area contributed by atoms with Crippen LogP contribution < -0.4 is 0 Å². The van der Waals surface area contributed by atoms with Gasteiger partial charge in [-0.25, -0.2) is 4.79 Å². The second kappa shape index (κ2) is 5.42. The van der Waals surface area contributed by atoms with E-state index in [0.717, 1.165) is 0 Å². The van der Waals surface area contributed by atoms with Gasteiger partial charge in [-0.2, -0.15) is 0 Å². The molecule has 0 saturated carbocycles. The van der Waals surface area contributed by atoms with Crippen LogP contribution in [0.2, 0.25) is 18.1 Å². The lowest BCUT2D eigenvalue weighted by Crippen LogP contribution is -2.48. The van der Waals surface area contributed by atoms with E-state index in [4.69, 9.17) is 4.43 Å². The number of rotatable bonds is 3. The van der Waals surface area contributed by atoms with Gasteiger partial charge in [0.2, 0.25) is 0 Å². The molecule has 1 aliphatic rings. The van der Waals surface area contributed by atoms with E-state index in [0.29, 0.717) is 6.42 Å². The normalized spacial score (nSPS) is 28.8. The summed E-state index contributed by atoms with van der Waals surface area (Å²) in [6.45, 7) is 12.5. The molecule has 19 heavy (non-hydrogen) atoms. The van der Waals surface area contributed by atoms with E-state index in [1.807, 2.05) is 6.92 Å². The predicted octanol–water partition coefficient (Wildman–Crippen LogP) is 2.51. The Morgan fingerprint density at radius 1 is 1.42 bits per heavy atom. The molecule has 1 heterocycles. The number of likely N-dealkylation sites (tertiary alicyclic amines) is 1. The molecular formula is C13H27NO4Si. The number of aliphatic hydroxyl groups excluding tert-OH is 1. The molecule has 112 valence electrons. The fourth-order valence-corrected chi connectivity index (χ4v) is 3.69. The maximum absolute atomic E-state index is 11.3. The molecule has 0 aromatic heterocycles. The second-order valence-corrected chi connectivity index (χ2v) is 11.7. The van der Waals surface area contributed by atoms with Crippen molar-refractivity contribution in [2.75, 3.05) is 6.61 Å². The zero-order valence-electron chi connectivity index (χ0n) is 12.8. The van der Waals surface area contributed by atoms with Gasteiger partial charge in [-0.05, 0) is 31.5 Å². The third-order valence-corrected chi connectivity index (χ3v) is 9.06. The van der Waals surface area contributed by atoms with Crippen molar-refractivity contribution >= 4 is 14.4 Å². The minimum atomic E-state index is -1.92. The fraction of sp³-hybridized carbons (Fsp3) is 0.923. The van der Waals surface area contributed by atoms with Crippen LogP contribution in [0.5, 0.6) is 0 Å². The first-order chi connectivity index (χ1) is 8.51. The highest BCUT2D eigenvalue weighted by atomic mass is 28.4. The molecule has 2 N–H and O–H groups in total. The summed E-state index contributed by atoms with van der Waals surface area (Å²) >= 11 is 0. The number of carboxylic acid groups (broad SMARTS) is 1. The molecule has 6 heteroatoms. The van der Waals surface area contributed by atoms with Gasteiger partial charge in [-0.15, -0.1) is 0 Å². The average Bonchev–Trinajstić information content (AvgIpc) is 2.53. The van der Waals surface area contributed by atoms with Crippen molar-refractivity contribution in [3.63, 3.8) is 0 Å². The van der Waals surface area contributed by atoms with Crippen molar-refractivity contribution < 1.29 is 19.4 Å². The zero-order chi connectivity index (χ0) is 15.0. The lowest BCUT2D eigenvalue weighted by atomic mass is 10.2. The highest BCUT2D eigenvalue weighted by molar-refractivity contribution is 6.74. The van der Waals surface area contributed by atoms with E-state index in [-0.39, 0.29) is 29.8 Å². The first kappa shape index (κ1) is 16.5. The van der Waals surface area contributed by atoms with Crippen molar-refractivity contribution in [1.29, 1.82) is 0 Å². The van der Waals surface area contributed by atoms with E-state index in [1.165, 1.54) is 4.90 Å². The monoisotopic (exact) mass is 289 g/mol. The summed E-state index contributed by atoms with van der Waals surface area (Å²) < 4.78 is 6.31. The van der Waals surface area contributed by atoms with Gasteiger partial charge in [0.05, 0.1) is 24.8 Å². The van der Waals surface area contributed by atoms with Crippen LogP contribution in [0, 0.1) is 0 Å². The molecule has 0 radical (unpaired) electrons. The van der Waals surface area contributed by atoms with Crippen LogP contribution in [0.1, 0.15) is 34.1 Å².